The lowest BCUT2D eigenvalue weighted by atomic mass is 9.96. The summed E-state index contributed by atoms with van der Waals surface area (Å²) in [7, 11) is 1.67. The van der Waals surface area contributed by atoms with E-state index in [0.717, 1.165) is 49.5 Å². The number of piperidine rings is 1. The monoisotopic (exact) mass is 365 g/mol. The maximum absolute atomic E-state index is 11.8. The van der Waals surface area contributed by atoms with Crippen molar-refractivity contribution >= 4 is 5.65 Å². The van der Waals surface area contributed by atoms with Crippen LogP contribution in [-0.2, 0) is 13.6 Å². The van der Waals surface area contributed by atoms with Crippen LogP contribution in [0.15, 0.2) is 29.2 Å². The van der Waals surface area contributed by atoms with Crippen molar-refractivity contribution in [2.75, 3.05) is 13.1 Å². The summed E-state index contributed by atoms with van der Waals surface area (Å²) in [5, 5.41) is 17.7. The zero-order valence-electron chi connectivity index (χ0n) is 15.5. The molecule has 1 aliphatic heterocycles. The maximum atomic E-state index is 11.8. The van der Waals surface area contributed by atoms with E-state index in [0.29, 0.717) is 11.8 Å². The number of aromatic nitrogens is 6. The van der Waals surface area contributed by atoms with Crippen molar-refractivity contribution in [3.05, 3.63) is 51.8 Å². The van der Waals surface area contributed by atoms with Gasteiger partial charge in [-0.05, 0) is 56.5 Å². The van der Waals surface area contributed by atoms with Gasteiger partial charge in [0.1, 0.15) is 0 Å². The first-order valence-electron chi connectivity index (χ1n) is 9.64. The van der Waals surface area contributed by atoms with Gasteiger partial charge in [0.25, 0.3) is 5.56 Å². The molecule has 0 N–H and O–H groups in total. The van der Waals surface area contributed by atoms with Crippen molar-refractivity contribution in [3.63, 3.8) is 0 Å². The highest BCUT2D eigenvalue weighted by Gasteiger charge is 2.28. The second kappa shape index (κ2) is 6.53. The SMILES string of the molecule is Cn1ncc(CN2CCC(c3nnc4ccc(C5CC5)nn34)CC2)cc1=O. The fraction of sp³-hybridized carbons (Fsp3) is 0.526. The van der Waals surface area contributed by atoms with Gasteiger partial charge in [-0.25, -0.2) is 4.68 Å². The van der Waals surface area contributed by atoms with Crippen molar-refractivity contribution in [1.29, 1.82) is 0 Å². The normalized spacial score (nSPS) is 19.0. The summed E-state index contributed by atoms with van der Waals surface area (Å²) < 4.78 is 3.31. The van der Waals surface area contributed by atoms with Crippen LogP contribution in [0.25, 0.3) is 5.65 Å². The minimum atomic E-state index is -0.0603. The summed E-state index contributed by atoms with van der Waals surface area (Å²) in [6, 6.07) is 5.80. The molecule has 2 fully saturated rings. The predicted octanol–water partition coefficient (Wildman–Crippen LogP) is 1.48. The molecule has 0 bridgehead atoms. The van der Waals surface area contributed by atoms with Gasteiger partial charge in [-0.15, -0.1) is 10.2 Å². The summed E-state index contributed by atoms with van der Waals surface area (Å²) in [6.45, 7) is 2.70. The molecule has 8 nitrogen and oxygen atoms in total. The average molecular weight is 365 g/mol. The second-order valence-electron chi connectivity index (χ2n) is 7.74. The lowest BCUT2D eigenvalue weighted by Gasteiger charge is -2.30. The third-order valence-corrected chi connectivity index (χ3v) is 5.69. The molecule has 3 aromatic rings. The molecule has 0 radical (unpaired) electrons. The third-order valence-electron chi connectivity index (χ3n) is 5.69. The van der Waals surface area contributed by atoms with Gasteiger partial charge in [-0.3, -0.25) is 9.69 Å². The Kier molecular flexibility index (Phi) is 4.00. The number of nitrogens with zero attached hydrogens (tertiary/aromatic N) is 7. The van der Waals surface area contributed by atoms with Gasteiger partial charge in [0.15, 0.2) is 11.5 Å². The number of fused-ring (bicyclic) bond motifs is 1. The largest absolute Gasteiger partial charge is 0.299 e. The molecular formula is C19H23N7O. The highest BCUT2D eigenvalue weighted by Crippen LogP contribution is 2.39. The van der Waals surface area contributed by atoms with Crippen LogP contribution >= 0.6 is 0 Å². The first kappa shape index (κ1) is 16.6. The quantitative estimate of drug-likeness (QED) is 0.697. The first-order valence-corrected chi connectivity index (χ1v) is 9.64. The molecular weight excluding hydrogens is 342 g/mol. The average Bonchev–Trinajstić information content (AvgIpc) is 3.45. The Morgan fingerprint density at radius 3 is 2.63 bits per heavy atom. The molecule has 3 aromatic heterocycles. The minimum Gasteiger partial charge on any atom is -0.299 e. The van der Waals surface area contributed by atoms with Gasteiger partial charge < -0.3 is 0 Å². The van der Waals surface area contributed by atoms with Crippen LogP contribution in [0, 0.1) is 0 Å². The van der Waals surface area contributed by atoms with E-state index in [2.05, 4.69) is 26.3 Å². The van der Waals surface area contributed by atoms with Gasteiger partial charge in [0.05, 0.1) is 11.9 Å². The molecule has 1 saturated heterocycles. The Balaban J connectivity index is 1.29. The molecule has 140 valence electrons. The van der Waals surface area contributed by atoms with E-state index in [1.165, 1.54) is 23.2 Å². The zero-order chi connectivity index (χ0) is 18.4. The van der Waals surface area contributed by atoms with Crippen LogP contribution in [0.3, 0.4) is 0 Å². The zero-order valence-corrected chi connectivity index (χ0v) is 15.5. The van der Waals surface area contributed by atoms with Crippen LogP contribution in [0.2, 0.25) is 0 Å². The van der Waals surface area contributed by atoms with Crippen LogP contribution in [0.5, 0.6) is 0 Å². The van der Waals surface area contributed by atoms with Gasteiger partial charge in [0, 0.05) is 31.5 Å². The highest BCUT2D eigenvalue weighted by atomic mass is 16.1. The van der Waals surface area contributed by atoms with E-state index in [9.17, 15) is 4.79 Å². The van der Waals surface area contributed by atoms with E-state index in [-0.39, 0.29) is 5.56 Å². The molecule has 0 amide bonds. The van der Waals surface area contributed by atoms with Crippen molar-refractivity contribution in [3.8, 4) is 0 Å². The van der Waals surface area contributed by atoms with Crippen LogP contribution in [0.1, 0.15) is 54.6 Å². The van der Waals surface area contributed by atoms with Crippen LogP contribution < -0.4 is 5.56 Å². The topological polar surface area (TPSA) is 81.2 Å². The number of rotatable bonds is 4. The van der Waals surface area contributed by atoms with E-state index in [4.69, 9.17) is 5.10 Å². The second-order valence-corrected chi connectivity index (χ2v) is 7.74. The molecule has 0 spiro atoms. The Morgan fingerprint density at radius 2 is 1.89 bits per heavy atom. The number of aryl methyl sites for hydroxylation is 1. The Hall–Kier alpha value is -2.61. The minimum absolute atomic E-state index is 0.0603. The lowest BCUT2D eigenvalue weighted by Crippen LogP contribution is -2.33. The maximum Gasteiger partial charge on any atom is 0.266 e. The highest BCUT2D eigenvalue weighted by molar-refractivity contribution is 5.38. The van der Waals surface area contributed by atoms with E-state index in [1.807, 2.05) is 10.6 Å². The standard InChI is InChI=1S/C19H23N7O/c1-24-18(27)10-13(11-20-24)12-25-8-6-15(7-9-25)19-22-21-17-5-4-16(14-2-3-14)23-26(17)19/h4-5,10-11,14-15H,2-3,6-9,12H2,1H3. The third kappa shape index (κ3) is 3.25. The number of hydrogen-bond donors (Lipinski definition) is 0. The summed E-state index contributed by atoms with van der Waals surface area (Å²) in [6.07, 6.45) is 6.31. The van der Waals surface area contributed by atoms with Gasteiger partial charge in [-0.1, -0.05) is 0 Å². The molecule has 1 saturated carbocycles. The van der Waals surface area contributed by atoms with Crippen molar-refractivity contribution in [2.45, 2.75) is 44.1 Å². The smallest absolute Gasteiger partial charge is 0.266 e. The molecule has 8 heteroatoms. The summed E-state index contributed by atoms with van der Waals surface area (Å²) in [4.78, 5) is 14.1. The molecule has 0 unspecified atom stereocenters. The fourth-order valence-electron chi connectivity index (χ4n) is 3.87. The van der Waals surface area contributed by atoms with E-state index >= 15 is 0 Å². The molecule has 0 aromatic carbocycles. The molecule has 5 rings (SSSR count). The molecule has 27 heavy (non-hydrogen) atoms. The van der Waals surface area contributed by atoms with Gasteiger partial charge in [-0.2, -0.15) is 14.7 Å². The Labute approximate surface area is 156 Å². The molecule has 2 aliphatic rings. The summed E-state index contributed by atoms with van der Waals surface area (Å²) in [5.41, 5.74) is 2.91. The fourth-order valence-corrected chi connectivity index (χ4v) is 3.87. The summed E-state index contributed by atoms with van der Waals surface area (Å²) in [5.74, 6) is 1.99. The number of likely N-dealkylation sites (tertiary alicyclic amines) is 1. The Morgan fingerprint density at radius 1 is 1.07 bits per heavy atom. The van der Waals surface area contributed by atoms with Crippen molar-refractivity contribution in [2.24, 2.45) is 7.05 Å². The van der Waals surface area contributed by atoms with Crippen molar-refractivity contribution < 1.29 is 0 Å². The molecule has 1 aliphatic carbocycles. The van der Waals surface area contributed by atoms with E-state index < -0.39 is 0 Å². The molecule has 4 heterocycles. The van der Waals surface area contributed by atoms with Gasteiger partial charge >= 0.3 is 0 Å². The molecule has 0 atom stereocenters. The Bertz CT molecular complexity index is 1030. The lowest BCUT2D eigenvalue weighted by molar-refractivity contribution is 0.200. The first-order chi connectivity index (χ1) is 13.2. The summed E-state index contributed by atoms with van der Waals surface area (Å²) >= 11 is 0. The number of hydrogen-bond acceptors (Lipinski definition) is 6. The van der Waals surface area contributed by atoms with Crippen molar-refractivity contribution in [1.82, 2.24) is 34.5 Å². The van der Waals surface area contributed by atoms with E-state index in [1.54, 1.807) is 19.3 Å². The van der Waals surface area contributed by atoms with Crippen LogP contribution in [-0.4, -0.2) is 47.6 Å². The van der Waals surface area contributed by atoms with Gasteiger partial charge in [0.2, 0.25) is 0 Å². The predicted molar refractivity (Wildman–Crippen MR) is 99.5 cm³/mol. The van der Waals surface area contributed by atoms with Crippen LogP contribution in [0.4, 0.5) is 0 Å².